The lowest BCUT2D eigenvalue weighted by molar-refractivity contribution is -0.130. The number of benzene rings is 1. The molecular formula is C90H178N8O4. The molecule has 5 saturated heterocycles. The normalized spacial score (nSPS) is 19.4. The van der Waals surface area contributed by atoms with Gasteiger partial charge in [-0.25, -0.2) is 4.98 Å². The van der Waals surface area contributed by atoms with Crippen molar-refractivity contribution in [2.45, 2.75) is 315 Å². The Balaban J connectivity index is 0.00000114. The highest BCUT2D eigenvalue weighted by Crippen LogP contribution is 2.38. The maximum Gasteiger partial charge on any atom is 0.219 e. The molecule has 0 bridgehead atoms. The van der Waals surface area contributed by atoms with Gasteiger partial charge in [-0.3, -0.25) is 9.69 Å². The largest absolute Gasteiger partial charge is 0.383 e. The van der Waals surface area contributed by atoms with Gasteiger partial charge in [0.1, 0.15) is 0 Å². The van der Waals surface area contributed by atoms with Crippen molar-refractivity contribution in [2.75, 3.05) is 146 Å². The van der Waals surface area contributed by atoms with Gasteiger partial charge in [0.25, 0.3) is 0 Å². The lowest BCUT2D eigenvalue weighted by atomic mass is 9.72. The average molecular weight is 1440 g/mol. The lowest BCUT2D eigenvalue weighted by Crippen LogP contribution is -2.44. The fraction of sp³-hybridized carbons (Fsp3) is 0.889. The molecule has 1 unspecified atom stereocenters. The van der Waals surface area contributed by atoms with Gasteiger partial charge in [-0.2, -0.15) is 0 Å². The van der Waals surface area contributed by atoms with Crippen LogP contribution in [-0.4, -0.2) is 197 Å². The highest BCUT2D eigenvalue weighted by Gasteiger charge is 2.31. The molecule has 6 fully saturated rings. The highest BCUT2D eigenvalue weighted by molar-refractivity contribution is 5.73. The molecule has 602 valence electrons. The van der Waals surface area contributed by atoms with E-state index in [-0.39, 0.29) is 13.3 Å². The number of piperazine rings is 1. The molecule has 12 heteroatoms. The lowest BCUT2D eigenvalue weighted by Gasteiger charge is -2.38. The third-order valence-corrected chi connectivity index (χ3v) is 21.4. The molecule has 6 heterocycles. The van der Waals surface area contributed by atoms with E-state index in [1.807, 2.05) is 30.7 Å². The predicted molar refractivity (Wildman–Crippen MR) is 447 cm³/mol. The van der Waals surface area contributed by atoms with Crippen LogP contribution in [0.25, 0.3) is 0 Å². The predicted octanol–water partition coefficient (Wildman–Crippen LogP) is 21.7. The number of carbonyl (C=O) groups excluding carboxylic acids is 1. The Kier molecular flexibility index (Phi) is 49.9. The summed E-state index contributed by atoms with van der Waals surface area (Å²) in [5.74, 6) is 2.91. The van der Waals surface area contributed by atoms with E-state index in [9.17, 15) is 4.79 Å². The van der Waals surface area contributed by atoms with Gasteiger partial charge in [-0.1, -0.05) is 223 Å². The maximum atomic E-state index is 11.1. The second-order valence-electron chi connectivity index (χ2n) is 40.5. The summed E-state index contributed by atoms with van der Waals surface area (Å²) < 4.78 is 17.9. The molecule has 0 radical (unpaired) electrons. The summed E-state index contributed by atoms with van der Waals surface area (Å²) in [4.78, 5) is 29.6. The molecule has 1 aliphatic carbocycles. The van der Waals surface area contributed by atoms with Gasteiger partial charge < -0.3 is 43.3 Å². The minimum Gasteiger partial charge on any atom is -0.383 e. The minimum atomic E-state index is 0. The second-order valence-corrected chi connectivity index (χ2v) is 40.5. The Morgan fingerprint density at radius 1 is 0.471 bits per heavy atom. The summed E-state index contributed by atoms with van der Waals surface area (Å²) in [6.45, 7) is 80.0. The second kappa shape index (κ2) is 51.1. The number of nitrogens with zero attached hydrogens (tertiary/aromatic N) is 8. The Morgan fingerprint density at radius 3 is 1.25 bits per heavy atom. The van der Waals surface area contributed by atoms with Crippen molar-refractivity contribution >= 4 is 5.91 Å². The van der Waals surface area contributed by atoms with Crippen molar-refractivity contribution in [3.05, 3.63) is 54.6 Å². The van der Waals surface area contributed by atoms with E-state index in [4.69, 9.17) is 14.2 Å². The number of piperidine rings is 2. The van der Waals surface area contributed by atoms with Crippen LogP contribution in [0.5, 0.6) is 0 Å². The Labute approximate surface area is 637 Å². The summed E-state index contributed by atoms with van der Waals surface area (Å²) in [6.07, 6.45) is 31.5. The van der Waals surface area contributed by atoms with E-state index in [2.05, 4.69) is 238 Å². The first kappa shape index (κ1) is 99.6. The molecule has 0 spiro atoms. The number of amides is 1. The standard InChI is InChI=1S/C12H26N2.2C12H25NO.C11H21NO.C11H23NO.C11H16.C10H18N2.C10H20.CH4/c1-12(2,3)6-5-7-14-10-8-13(4)9-11-14;1-12(2,3)11-5-7-13(8-6-11)9-10-14-4;1-12(2,3)7-5-8-13-9-6-11(10-13)14-4;1-9(13)12-7-5-10(6-8-12)11(2,3)4;1-11(2,3)5-4-6-12-7-9-13-10-8-12;1-11(2,3)9-10-7-5-4-6-8-10;1-10(2,3)5-4-7-12-8-6-11-9-12;1-10(2,3)9-7-5-4-6-8-9;/h5-11H2,1-4H3;2*11H,5-10H2,1-4H3;10H,5-8H2,1-4H3;4-10H2,1-3H3;4-8H,9H2,1-3H3;6,8-9H,4-5,7H2,1-3H3;9H,4-8H2,1-3H3;1H4. The number of likely N-dealkylation sites (N-methyl/N-ethyl adjacent to an activating group) is 1. The molecule has 102 heavy (non-hydrogen) atoms. The molecule has 8 rings (SSSR count). The van der Waals surface area contributed by atoms with Crippen LogP contribution in [0.2, 0.25) is 0 Å². The summed E-state index contributed by atoms with van der Waals surface area (Å²) in [6, 6.07) is 10.6. The molecule has 0 N–H and O–H groups in total. The van der Waals surface area contributed by atoms with Gasteiger partial charge in [0, 0.05) is 112 Å². The Bertz CT molecular complexity index is 2230. The van der Waals surface area contributed by atoms with Crippen LogP contribution < -0.4 is 0 Å². The zero-order chi connectivity index (χ0) is 76.6. The highest BCUT2D eigenvalue weighted by atomic mass is 16.5. The number of imidazole rings is 1. The van der Waals surface area contributed by atoms with Gasteiger partial charge in [0.15, 0.2) is 0 Å². The molecule has 1 atom stereocenters. The Hall–Kier alpha value is -2.42. The van der Waals surface area contributed by atoms with Gasteiger partial charge >= 0.3 is 0 Å². The quantitative estimate of drug-likeness (QED) is 0.153. The minimum absolute atomic E-state index is 0. The number of hydrogen-bond acceptors (Lipinski definition) is 10. The van der Waals surface area contributed by atoms with Gasteiger partial charge in [-0.15, -0.1) is 0 Å². The number of ether oxygens (including phenoxy) is 3. The molecule has 5 aliphatic heterocycles. The molecular weight excluding hydrogens is 1260 g/mol. The SMILES string of the molecule is C.CC(=O)N1CCC(C(C)(C)C)CC1.CC(C)(C)C1CCCCC1.CC(C)(C)CCCN1CCOCC1.CC(C)(C)CCCn1ccnc1.CC(C)(C)Cc1ccccc1.CN1CCN(CCCC(C)(C)C)CC1.COC1CCN(CCCC(C)(C)C)C1.COCCN1CCC(C(C)(C)C)CC1. The van der Waals surface area contributed by atoms with E-state index in [1.165, 1.54) is 187 Å². The monoisotopic (exact) mass is 1440 g/mol. The third-order valence-electron chi connectivity index (χ3n) is 21.4. The number of hydrogen-bond donors (Lipinski definition) is 0. The fourth-order valence-electron chi connectivity index (χ4n) is 14.3. The van der Waals surface area contributed by atoms with Gasteiger partial charge in [-0.05, 0) is 209 Å². The summed E-state index contributed by atoms with van der Waals surface area (Å²) in [7, 11) is 5.82. The number of carbonyl (C=O) groups is 1. The number of aromatic nitrogens is 2. The zero-order valence-electron chi connectivity index (χ0n) is 72.7. The van der Waals surface area contributed by atoms with Crippen LogP contribution in [0.1, 0.15) is 302 Å². The molecule has 2 aromatic rings. The van der Waals surface area contributed by atoms with Gasteiger partial charge in [0.2, 0.25) is 5.91 Å². The summed E-state index contributed by atoms with van der Waals surface area (Å²) in [5, 5.41) is 0. The summed E-state index contributed by atoms with van der Waals surface area (Å²) in [5.41, 5.74) is 5.25. The van der Waals surface area contributed by atoms with Crippen molar-refractivity contribution in [3.63, 3.8) is 0 Å². The molecule has 1 amide bonds. The van der Waals surface area contributed by atoms with E-state index < -0.39 is 0 Å². The zero-order valence-corrected chi connectivity index (χ0v) is 72.7. The van der Waals surface area contributed by atoms with Crippen LogP contribution >= 0.6 is 0 Å². The van der Waals surface area contributed by atoms with E-state index in [1.54, 1.807) is 14.0 Å². The molecule has 12 nitrogen and oxygen atoms in total. The van der Waals surface area contributed by atoms with Crippen molar-refractivity contribution in [1.29, 1.82) is 0 Å². The molecule has 1 aromatic carbocycles. The number of methoxy groups -OCH3 is 2. The topological polar surface area (TPSA) is 82.0 Å². The van der Waals surface area contributed by atoms with Crippen LogP contribution in [0.3, 0.4) is 0 Å². The smallest absolute Gasteiger partial charge is 0.219 e. The van der Waals surface area contributed by atoms with Crippen molar-refractivity contribution < 1.29 is 19.0 Å². The number of rotatable bonds is 17. The first-order valence-electron chi connectivity index (χ1n) is 41.2. The van der Waals surface area contributed by atoms with Crippen LogP contribution in [0.4, 0.5) is 0 Å². The fourth-order valence-corrected chi connectivity index (χ4v) is 14.3. The van der Waals surface area contributed by atoms with Crippen molar-refractivity contribution in [1.82, 2.24) is 39.0 Å². The number of aryl methyl sites for hydroxylation is 1. The number of likely N-dealkylation sites (tertiary alicyclic amines) is 3. The van der Waals surface area contributed by atoms with E-state index >= 15 is 0 Å². The molecule has 1 aromatic heterocycles. The number of morpholine rings is 1. The van der Waals surface area contributed by atoms with E-state index in [0.717, 1.165) is 89.8 Å². The van der Waals surface area contributed by atoms with Crippen molar-refractivity contribution in [2.24, 2.45) is 61.1 Å². The average Bonchev–Trinajstić information content (AvgIpc) is 1.11. The maximum absolute atomic E-state index is 11.1. The first-order chi connectivity index (χ1) is 46.8. The first-order valence-corrected chi connectivity index (χ1v) is 41.2. The van der Waals surface area contributed by atoms with Gasteiger partial charge in [0.05, 0.1) is 32.3 Å². The van der Waals surface area contributed by atoms with Crippen LogP contribution in [0, 0.1) is 61.1 Å². The summed E-state index contributed by atoms with van der Waals surface area (Å²) >= 11 is 0. The molecule has 1 saturated carbocycles. The Morgan fingerprint density at radius 2 is 0.873 bits per heavy atom. The third kappa shape index (κ3) is 55.1. The van der Waals surface area contributed by atoms with Crippen LogP contribution in [-0.2, 0) is 32.0 Å². The van der Waals surface area contributed by atoms with Crippen molar-refractivity contribution in [3.8, 4) is 0 Å². The molecule has 6 aliphatic rings. The van der Waals surface area contributed by atoms with Crippen LogP contribution in [0.15, 0.2) is 49.1 Å². The van der Waals surface area contributed by atoms with E-state index in [0.29, 0.717) is 49.4 Å².